The van der Waals surface area contributed by atoms with Crippen molar-refractivity contribution >= 4 is 28.9 Å². The topological polar surface area (TPSA) is 99.3 Å². The summed E-state index contributed by atoms with van der Waals surface area (Å²) in [5.74, 6) is 0.00561. The molecule has 0 saturated heterocycles. The summed E-state index contributed by atoms with van der Waals surface area (Å²) < 4.78 is 6.66. The lowest BCUT2D eigenvalue weighted by Crippen LogP contribution is -2.15. The predicted octanol–water partition coefficient (Wildman–Crippen LogP) is 3.10. The molecule has 1 aromatic carbocycles. The molecule has 1 N–H and O–H groups in total. The summed E-state index contributed by atoms with van der Waals surface area (Å²) in [6.07, 6.45) is 0.156. The zero-order chi connectivity index (χ0) is 17.9. The van der Waals surface area contributed by atoms with Gasteiger partial charge in [0.15, 0.2) is 0 Å². The van der Waals surface area contributed by atoms with E-state index in [9.17, 15) is 14.9 Å². The van der Waals surface area contributed by atoms with Crippen LogP contribution in [-0.2, 0) is 11.3 Å². The molecule has 0 aliphatic carbocycles. The molecule has 1 amide bonds. The fourth-order valence-electron chi connectivity index (χ4n) is 2.20. The van der Waals surface area contributed by atoms with Crippen molar-refractivity contribution in [3.8, 4) is 5.75 Å². The normalized spacial score (nSPS) is 10.5. The van der Waals surface area contributed by atoms with Crippen LogP contribution >= 0.6 is 11.6 Å². The van der Waals surface area contributed by atoms with E-state index in [0.29, 0.717) is 28.7 Å². The number of carbonyl (C=O) groups is 1. The minimum Gasteiger partial charge on any atom is -0.496 e. The van der Waals surface area contributed by atoms with Crippen LogP contribution in [0.15, 0.2) is 18.2 Å². The summed E-state index contributed by atoms with van der Waals surface area (Å²) in [4.78, 5) is 22.4. The van der Waals surface area contributed by atoms with Crippen LogP contribution in [0.1, 0.15) is 17.8 Å². The quantitative estimate of drug-likeness (QED) is 0.636. The van der Waals surface area contributed by atoms with E-state index in [0.717, 1.165) is 5.69 Å². The average molecular weight is 353 g/mol. The Morgan fingerprint density at radius 2 is 2.12 bits per heavy atom. The molecule has 2 aromatic rings. The van der Waals surface area contributed by atoms with Crippen molar-refractivity contribution in [1.29, 1.82) is 0 Å². The highest BCUT2D eigenvalue weighted by atomic mass is 35.5. The van der Waals surface area contributed by atoms with Gasteiger partial charge >= 0.3 is 0 Å². The standard InChI is InChI=1S/C15H17ClN4O4/c1-9-15(16)10(2)19(18-9)5-4-14(21)17-11-6-12(20(22)23)8-13(7-11)24-3/h6-8H,4-5H2,1-3H3,(H,17,21). The molecule has 0 aliphatic heterocycles. The molecule has 0 unspecified atom stereocenters. The van der Waals surface area contributed by atoms with Crippen molar-refractivity contribution in [3.63, 3.8) is 0 Å². The Morgan fingerprint density at radius 3 is 2.67 bits per heavy atom. The molecule has 0 saturated carbocycles. The number of hydrogen-bond acceptors (Lipinski definition) is 5. The Labute approximate surface area is 143 Å². The average Bonchev–Trinajstić information content (AvgIpc) is 2.79. The molecular formula is C15H17ClN4O4. The van der Waals surface area contributed by atoms with Crippen molar-refractivity contribution in [2.24, 2.45) is 0 Å². The van der Waals surface area contributed by atoms with Gasteiger partial charge in [-0.25, -0.2) is 0 Å². The van der Waals surface area contributed by atoms with E-state index in [1.54, 1.807) is 11.6 Å². The summed E-state index contributed by atoms with van der Waals surface area (Å²) in [5, 5.41) is 18.4. The van der Waals surface area contributed by atoms with Gasteiger partial charge in [-0.05, 0) is 13.8 Å². The van der Waals surface area contributed by atoms with Gasteiger partial charge in [-0.1, -0.05) is 11.6 Å². The summed E-state index contributed by atoms with van der Waals surface area (Å²) in [6.45, 7) is 3.98. The zero-order valence-corrected chi connectivity index (χ0v) is 14.3. The molecule has 0 bridgehead atoms. The molecule has 0 atom stereocenters. The number of nitrogens with one attached hydrogen (secondary N) is 1. The van der Waals surface area contributed by atoms with Gasteiger partial charge < -0.3 is 10.1 Å². The van der Waals surface area contributed by atoms with Crippen LogP contribution in [0, 0.1) is 24.0 Å². The minimum atomic E-state index is -0.546. The lowest BCUT2D eigenvalue weighted by molar-refractivity contribution is -0.384. The fraction of sp³-hybridized carbons (Fsp3) is 0.333. The number of halogens is 1. The van der Waals surface area contributed by atoms with Gasteiger partial charge in [-0.3, -0.25) is 19.6 Å². The first-order valence-electron chi connectivity index (χ1n) is 7.14. The van der Waals surface area contributed by atoms with Crippen LogP contribution in [0.3, 0.4) is 0 Å². The monoisotopic (exact) mass is 352 g/mol. The van der Waals surface area contributed by atoms with Gasteiger partial charge in [-0.2, -0.15) is 5.10 Å². The maximum atomic E-state index is 12.1. The van der Waals surface area contributed by atoms with Crippen LogP contribution in [0.2, 0.25) is 5.02 Å². The lowest BCUT2D eigenvalue weighted by atomic mass is 10.2. The lowest BCUT2D eigenvalue weighted by Gasteiger charge is -2.08. The van der Waals surface area contributed by atoms with Gasteiger partial charge in [0.1, 0.15) is 5.75 Å². The Morgan fingerprint density at radius 1 is 1.42 bits per heavy atom. The van der Waals surface area contributed by atoms with Crippen molar-refractivity contribution < 1.29 is 14.5 Å². The van der Waals surface area contributed by atoms with Gasteiger partial charge in [0.05, 0.1) is 46.7 Å². The van der Waals surface area contributed by atoms with Crippen LogP contribution in [0.25, 0.3) is 0 Å². The Balaban J connectivity index is 2.05. The number of nitro benzene ring substituents is 1. The van der Waals surface area contributed by atoms with E-state index in [2.05, 4.69) is 10.4 Å². The van der Waals surface area contributed by atoms with Crippen LogP contribution in [0.4, 0.5) is 11.4 Å². The van der Waals surface area contributed by atoms with Crippen LogP contribution in [-0.4, -0.2) is 27.7 Å². The number of carbonyl (C=O) groups excluding carboxylic acids is 1. The molecule has 9 heteroatoms. The number of aromatic nitrogens is 2. The zero-order valence-electron chi connectivity index (χ0n) is 13.5. The predicted molar refractivity (Wildman–Crippen MR) is 89.6 cm³/mol. The largest absolute Gasteiger partial charge is 0.496 e. The van der Waals surface area contributed by atoms with Crippen molar-refractivity contribution in [3.05, 3.63) is 44.7 Å². The molecule has 1 heterocycles. The van der Waals surface area contributed by atoms with E-state index in [1.807, 2.05) is 6.92 Å². The van der Waals surface area contributed by atoms with Gasteiger partial charge in [0, 0.05) is 18.6 Å². The number of benzene rings is 1. The number of methoxy groups -OCH3 is 1. The molecule has 0 fully saturated rings. The number of rotatable bonds is 6. The number of ether oxygens (including phenoxy) is 1. The first-order chi connectivity index (χ1) is 11.3. The van der Waals surface area contributed by atoms with Crippen molar-refractivity contribution in [2.75, 3.05) is 12.4 Å². The molecule has 1 aromatic heterocycles. The van der Waals surface area contributed by atoms with E-state index in [4.69, 9.17) is 16.3 Å². The Kier molecular flexibility index (Phi) is 5.40. The summed E-state index contributed by atoms with van der Waals surface area (Å²) >= 11 is 6.06. The third-order valence-corrected chi connectivity index (χ3v) is 4.01. The first-order valence-corrected chi connectivity index (χ1v) is 7.52. The number of hydrogen-bond donors (Lipinski definition) is 1. The summed E-state index contributed by atoms with van der Waals surface area (Å²) in [6, 6.07) is 4.08. The number of non-ortho nitro benzene ring substituents is 1. The van der Waals surface area contributed by atoms with E-state index in [-0.39, 0.29) is 18.0 Å². The second-order valence-corrected chi connectivity index (χ2v) is 5.56. The van der Waals surface area contributed by atoms with E-state index < -0.39 is 4.92 Å². The van der Waals surface area contributed by atoms with Crippen LogP contribution in [0.5, 0.6) is 5.75 Å². The summed E-state index contributed by atoms with van der Waals surface area (Å²) in [7, 11) is 1.40. The van der Waals surface area contributed by atoms with Gasteiger partial charge in [-0.15, -0.1) is 0 Å². The molecule has 2 rings (SSSR count). The number of amides is 1. The third-order valence-electron chi connectivity index (χ3n) is 3.47. The number of nitro groups is 1. The maximum absolute atomic E-state index is 12.1. The first kappa shape index (κ1) is 17.7. The smallest absolute Gasteiger partial charge is 0.275 e. The molecule has 0 aliphatic rings. The Hall–Kier alpha value is -2.61. The van der Waals surface area contributed by atoms with Gasteiger partial charge in [0.25, 0.3) is 5.69 Å². The summed E-state index contributed by atoms with van der Waals surface area (Å²) in [5.41, 5.74) is 1.64. The van der Waals surface area contributed by atoms with Crippen molar-refractivity contribution in [2.45, 2.75) is 26.8 Å². The number of aryl methyl sites for hydroxylation is 2. The van der Waals surface area contributed by atoms with Gasteiger partial charge in [0.2, 0.25) is 5.91 Å². The molecule has 8 nitrogen and oxygen atoms in total. The fourth-order valence-corrected chi connectivity index (χ4v) is 2.34. The number of anilines is 1. The molecule has 128 valence electrons. The minimum absolute atomic E-state index is 0.156. The number of nitrogens with zero attached hydrogens (tertiary/aromatic N) is 3. The highest BCUT2D eigenvalue weighted by molar-refractivity contribution is 6.31. The van der Waals surface area contributed by atoms with E-state index >= 15 is 0 Å². The van der Waals surface area contributed by atoms with Crippen molar-refractivity contribution in [1.82, 2.24) is 9.78 Å². The molecule has 0 spiro atoms. The van der Waals surface area contributed by atoms with Crippen LogP contribution < -0.4 is 10.1 Å². The second-order valence-electron chi connectivity index (χ2n) is 5.18. The molecule has 0 radical (unpaired) electrons. The highest BCUT2D eigenvalue weighted by Crippen LogP contribution is 2.26. The highest BCUT2D eigenvalue weighted by Gasteiger charge is 2.13. The second kappa shape index (κ2) is 7.31. The maximum Gasteiger partial charge on any atom is 0.275 e. The van der Waals surface area contributed by atoms with E-state index in [1.165, 1.54) is 25.3 Å². The third kappa shape index (κ3) is 4.02. The molecule has 24 heavy (non-hydrogen) atoms. The SMILES string of the molecule is COc1cc(NC(=O)CCn2nc(C)c(Cl)c2C)cc([N+](=O)[O-])c1. The molecular weight excluding hydrogens is 336 g/mol. The Bertz CT molecular complexity index is 788.